The van der Waals surface area contributed by atoms with E-state index in [-0.39, 0.29) is 16.7 Å². The monoisotopic (exact) mass is 504 g/mol. The molecule has 176 valence electrons. The molecule has 32 heavy (non-hydrogen) atoms. The summed E-state index contributed by atoms with van der Waals surface area (Å²) in [6, 6.07) is 7.71. The van der Waals surface area contributed by atoms with Gasteiger partial charge in [-0.05, 0) is 66.8 Å². The number of thioether (sulfide) groups is 2. The van der Waals surface area contributed by atoms with Gasteiger partial charge in [0.2, 0.25) is 0 Å². The van der Waals surface area contributed by atoms with Crippen molar-refractivity contribution in [1.82, 2.24) is 9.79 Å². The summed E-state index contributed by atoms with van der Waals surface area (Å²) < 4.78 is 39.3. The Hall–Kier alpha value is -1.33. The van der Waals surface area contributed by atoms with Gasteiger partial charge in [-0.3, -0.25) is 10.0 Å². The molecule has 1 atom stereocenters. The van der Waals surface area contributed by atoms with Gasteiger partial charge in [0.25, 0.3) is 5.91 Å². The largest absolute Gasteiger partial charge is 0.446 e. The van der Waals surface area contributed by atoms with Gasteiger partial charge >= 0.3 is 5.51 Å². The predicted octanol–water partition coefficient (Wildman–Crippen LogP) is 6.73. The zero-order valence-electron chi connectivity index (χ0n) is 17.7. The number of hydroxylamine groups is 1. The van der Waals surface area contributed by atoms with Gasteiger partial charge in [0.1, 0.15) is 0 Å². The molecular weight excluding hydrogens is 477 g/mol. The first-order valence-corrected chi connectivity index (χ1v) is 12.5. The first-order chi connectivity index (χ1) is 15.1. The van der Waals surface area contributed by atoms with Gasteiger partial charge in [0, 0.05) is 33.0 Å². The van der Waals surface area contributed by atoms with Crippen molar-refractivity contribution in [3.8, 4) is 0 Å². The predicted molar refractivity (Wildman–Crippen MR) is 129 cm³/mol. The summed E-state index contributed by atoms with van der Waals surface area (Å²) >= 11 is 2.96. The Kier molecular flexibility index (Phi) is 10.8. The molecule has 10 heteroatoms. The molecule has 0 bridgehead atoms. The smallest absolute Gasteiger partial charge is 0.289 e. The van der Waals surface area contributed by atoms with Crippen molar-refractivity contribution < 1.29 is 23.2 Å². The van der Waals surface area contributed by atoms with Gasteiger partial charge in [-0.25, -0.2) is 9.79 Å². The second-order valence-electron chi connectivity index (χ2n) is 7.13. The summed E-state index contributed by atoms with van der Waals surface area (Å²) in [5.41, 5.74) is -1.69. The molecule has 4 nitrogen and oxygen atoms in total. The molecule has 0 aromatic heterocycles. The van der Waals surface area contributed by atoms with E-state index in [4.69, 9.17) is 5.21 Å². The summed E-state index contributed by atoms with van der Waals surface area (Å²) in [4.78, 5) is 13.7. The normalized spacial score (nSPS) is 16.8. The highest BCUT2D eigenvalue weighted by Crippen LogP contribution is 2.38. The van der Waals surface area contributed by atoms with Crippen molar-refractivity contribution in [3.63, 3.8) is 0 Å². The van der Waals surface area contributed by atoms with Crippen LogP contribution < -0.4 is 5.48 Å². The fourth-order valence-electron chi connectivity index (χ4n) is 3.28. The quantitative estimate of drug-likeness (QED) is 0.160. The van der Waals surface area contributed by atoms with Crippen molar-refractivity contribution in [2.75, 3.05) is 13.1 Å². The third kappa shape index (κ3) is 8.90. The van der Waals surface area contributed by atoms with Crippen LogP contribution in [-0.4, -0.2) is 39.3 Å². The van der Waals surface area contributed by atoms with Crippen LogP contribution in [0, 0.1) is 0 Å². The fraction of sp³-hybridized carbons (Fsp3) is 0.409. The molecule has 0 aliphatic carbocycles. The molecule has 1 aromatic rings. The van der Waals surface area contributed by atoms with E-state index >= 15 is 0 Å². The van der Waals surface area contributed by atoms with E-state index in [1.54, 1.807) is 35.3 Å². The minimum Gasteiger partial charge on any atom is -0.289 e. The lowest BCUT2D eigenvalue weighted by Crippen LogP contribution is -2.30. The SMILES string of the molecule is C=C(/C=C\C(=C)SC(F)(F)F)SC1CCN(Sc2ccccc2C(CC)C(=O)NO)CC1. The van der Waals surface area contributed by atoms with E-state index in [2.05, 4.69) is 17.5 Å². The average Bonchev–Trinajstić information content (AvgIpc) is 2.74. The number of allylic oxidation sites excluding steroid dienone is 2. The molecular formula is C22H27F3N2O2S3. The lowest BCUT2D eigenvalue weighted by atomic mass is 9.96. The van der Waals surface area contributed by atoms with Gasteiger partial charge < -0.3 is 0 Å². The van der Waals surface area contributed by atoms with Gasteiger partial charge in [0.15, 0.2) is 0 Å². The minimum absolute atomic E-state index is 0.0654. The second kappa shape index (κ2) is 12.8. The first-order valence-electron chi connectivity index (χ1n) is 10.1. The number of carbonyl (C=O) groups excluding carboxylic acids is 1. The van der Waals surface area contributed by atoms with E-state index in [1.807, 2.05) is 31.2 Å². The van der Waals surface area contributed by atoms with Crippen LogP contribution in [0.1, 0.15) is 37.7 Å². The van der Waals surface area contributed by atoms with Crippen LogP contribution in [-0.2, 0) is 4.79 Å². The maximum absolute atomic E-state index is 12.3. The number of amides is 1. The van der Waals surface area contributed by atoms with E-state index in [9.17, 15) is 18.0 Å². The number of hydrogen-bond acceptors (Lipinski definition) is 6. The van der Waals surface area contributed by atoms with Crippen LogP contribution >= 0.6 is 35.5 Å². The Morgan fingerprint density at radius 3 is 2.47 bits per heavy atom. The van der Waals surface area contributed by atoms with E-state index in [0.717, 1.165) is 36.4 Å². The van der Waals surface area contributed by atoms with Crippen molar-refractivity contribution in [2.24, 2.45) is 0 Å². The van der Waals surface area contributed by atoms with Gasteiger partial charge in [-0.1, -0.05) is 38.3 Å². The standard InChI is InChI=1S/C22H27F3N2O2S3/c1-4-18(21(28)26-29)19-7-5-6-8-20(19)32-27-13-11-17(12-14-27)30-15(2)9-10-16(3)31-22(23,24)25/h5-10,17-18,29H,2-4,11-14H2,1H3,(H,26,28)/b10-9-. The van der Waals surface area contributed by atoms with Gasteiger partial charge in [-0.2, -0.15) is 13.2 Å². The van der Waals surface area contributed by atoms with Crippen LogP contribution in [0.25, 0.3) is 0 Å². The van der Waals surface area contributed by atoms with Crippen LogP contribution in [0.3, 0.4) is 0 Å². The Bertz CT molecular complexity index is 838. The van der Waals surface area contributed by atoms with Crippen molar-refractivity contribution >= 4 is 41.4 Å². The highest BCUT2D eigenvalue weighted by Gasteiger charge is 2.29. The van der Waals surface area contributed by atoms with Crippen molar-refractivity contribution in [1.29, 1.82) is 0 Å². The Morgan fingerprint density at radius 2 is 1.88 bits per heavy atom. The first kappa shape index (κ1) is 26.9. The summed E-state index contributed by atoms with van der Waals surface area (Å²) in [6.45, 7) is 10.9. The molecule has 1 unspecified atom stereocenters. The van der Waals surface area contributed by atoms with Crippen molar-refractivity contribution in [2.45, 2.75) is 47.8 Å². The number of piperidine rings is 1. The maximum Gasteiger partial charge on any atom is 0.446 e. The van der Waals surface area contributed by atoms with Crippen molar-refractivity contribution in [3.05, 3.63) is 64.9 Å². The zero-order chi connectivity index (χ0) is 23.7. The van der Waals surface area contributed by atoms with Gasteiger partial charge in [-0.15, -0.1) is 11.8 Å². The Balaban J connectivity index is 1.87. The zero-order valence-corrected chi connectivity index (χ0v) is 20.2. The highest BCUT2D eigenvalue weighted by atomic mass is 32.2. The third-order valence-electron chi connectivity index (χ3n) is 4.78. The molecule has 1 fully saturated rings. The molecule has 0 saturated carbocycles. The molecule has 1 aliphatic heterocycles. The summed E-state index contributed by atoms with van der Waals surface area (Å²) in [5, 5.41) is 9.38. The number of benzene rings is 1. The molecule has 0 spiro atoms. The van der Waals surface area contributed by atoms with Crippen LogP contribution in [0.5, 0.6) is 0 Å². The van der Waals surface area contributed by atoms with E-state index in [1.165, 1.54) is 6.08 Å². The Labute approximate surface area is 199 Å². The second-order valence-corrected chi connectivity index (χ2v) is 10.9. The lowest BCUT2D eigenvalue weighted by Gasteiger charge is -2.31. The number of rotatable bonds is 10. The third-order valence-corrected chi connectivity index (χ3v) is 7.84. The molecule has 0 radical (unpaired) electrons. The Morgan fingerprint density at radius 1 is 1.25 bits per heavy atom. The van der Waals surface area contributed by atoms with E-state index in [0.29, 0.717) is 16.6 Å². The van der Waals surface area contributed by atoms with E-state index < -0.39 is 17.3 Å². The minimum atomic E-state index is -4.34. The summed E-state index contributed by atoms with van der Waals surface area (Å²) in [7, 11) is 0. The molecule has 1 heterocycles. The highest BCUT2D eigenvalue weighted by molar-refractivity contribution is 8.04. The summed E-state index contributed by atoms with van der Waals surface area (Å²) in [5.74, 6) is -0.837. The molecule has 2 N–H and O–H groups in total. The lowest BCUT2D eigenvalue weighted by molar-refractivity contribution is -0.130. The maximum atomic E-state index is 12.3. The fourth-order valence-corrected chi connectivity index (χ4v) is 5.86. The summed E-state index contributed by atoms with van der Waals surface area (Å²) in [6.07, 6.45) is 5.34. The number of nitrogens with zero attached hydrogens (tertiary/aromatic N) is 1. The van der Waals surface area contributed by atoms with Crippen LogP contribution in [0.15, 0.2) is 64.3 Å². The van der Waals surface area contributed by atoms with Crippen LogP contribution in [0.4, 0.5) is 13.2 Å². The topological polar surface area (TPSA) is 52.6 Å². The number of carbonyl (C=O) groups is 1. The average molecular weight is 505 g/mol. The van der Waals surface area contributed by atoms with Crippen LogP contribution in [0.2, 0.25) is 0 Å². The number of hydrogen-bond donors (Lipinski definition) is 2. The molecule has 1 aromatic carbocycles. The molecule has 1 aliphatic rings. The molecule has 1 saturated heterocycles. The number of nitrogens with one attached hydrogen (secondary N) is 1. The van der Waals surface area contributed by atoms with Gasteiger partial charge in [0.05, 0.1) is 5.92 Å². The number of halogens is 3. The molecule has 2 rings (SSSR count). The number of alkyl halides is 3. The molecule has 1 amide bonds.